The van der Waals surface area contributed by atoms with Gasteiger partial charge in [-0.25, -0.2) is 8.42 Å². The first-order chi connectivity index (χ1) is 15.1. The number of ether oxygens (including phenoxy) is 1. The summed E-state index contributed by atoms with van der Waals surface area (Å²) in [6, 6.07) is 16.5. The average molecular weight is 455 g/mol. The van der Waals surface area contributed by atoms with Crippen molar-refractivity contribution in [3.63, 3.8) is 0 Å². The van der Waals surface area contributed by atoms with Crippen molar-refractivity contribution in [3.8, 4) is 11.4 Å². The van der Waals surface area contributed by atoms with E-state index in [2.05, 4.69) is 23.6 Å². The zero-order valence-corrected chi connectivity index (χ0v) is 20.1. The third-order valence-corrected chi connectivity index (χ3v) is 6.62. The van der Waals surface area contributed by atoms with Crippen molar-refractivity contribution in [2.45, 2.75) is 32.1 Å². The summed E-state index contributed by atoms with van der Waals surface area (Å²) in [5.41, 5.74) is 4.85. The first-order valence-corrected chi connectivity index (χ1v) is 12.4. The molecule has 3 aromatic rings. The van der Waals surface area contributed by atoms with E-state index in [0.29, 0.717) is 30.9 Å². The van der Waals surface area contributed by atoms with Crippen LogP contribution in [0, 0.1) is 20.8 Å². The van der Waals surface area contributed by atoms with Crippen molar-refractivity contribution in [1.29, 1.82) is 0 Å². The van der Waals surface area contributed by atoms with Crippen molar-refractivity contribution in [3.05, 3.63) is 77.1 Å². The number of carbonyl (C=O) groups excluding carboxylic acids is 1. The summed E-state index contributed by atoms with van der Waals surface area (Å²) >= 11 is 0. The quantitative estimate of drug-likeness (QED) is 0.475. The summed E-state index contributed by atoms with van der Waals surface area (Å²) in [4.78, 5) is 15.0. The minimum atomic E-state index is -3.27. The number of amides is 1. The van der Waals surface area contributed by atoms with Crippen LogP contribution < -0.4 is 4.74 Å². The van der Waals surface area contributed by atoms with E-state index >= 15 is 0 Å². The van der Waals surface area contributed by atoms with E-state index in [9.17, 15) is 13.2 Å². The van der Waals surface area contributed by atoms with Gasteiger partial charge in [-0.15, -0.1) is 0 Å². The van der Waals surface area contributed by atoms with E-state index in [1.807, 2.05) is 32.0 Å². The molecule has 0 bridgehead atoms. The highest BCUT2D eigenvalue weighted by Crippen LogP contribution is 2.24. The Kier molecular flexibility index (Phi) is 7.09. The van der Waals surface area contributed by atoms with Gasteiger partial charge in [0.05, 0.1) is 17.1 Å². The molecule has 2 aromatic carbocycles. The molecule has 170 valence electrons. The van der Waals surface area contributed by atoms with Crippen LogP contribution in [0.15, 0.2) is 59.5 Å². The van der Waals surface area contributed by atoms with E-state index < -0.39 is 9.84 Å². The van der Waals surface area contributed by atoms with E-state index in [1.165, 1.54) is 12.3 Å². The molecule has 0 N–H and O–H groups in total. The second-order valence-corrected chi connectivity index (χ2v) is 10.1. The van der Waals surface area contributed by atoms with Crippen LogP contribution in [0.25, 0.3) is 5.69 Å². The van der Waals surface area contributed by atoms with E-state index in [1.54, 1.807) is 30.1 Å². The molecule has 0 aliphatic carbocycles. The number of aryl methyl sites for hydroxylation is 2. The predicted molar refractivity (Wildman–Crippen MR) is 127 cm³/mol. The zero-order chi connectivity index (χ0) is 23.5. The number of nitrogens with zero attached hydrogens (tertiary/aromatic N) is 2. The van der Waals surface area contributed by atoms with Crippen LogP contribution in [-0.4, -0.2) is 50.2 Å². The Labute approximate surface area is 190 Å². The third-order valence-electron chi connectivity index (χ3n) is 5.50. The molecule has 0 radical (unpaired) electrons. The van der Waals surface area contributed by atoms with Gasteiger partial charge in [0.2, 0.25) is 0 Å². The molecule has 1 aromatic heterocycles. The Bertz CT molecular complexity index is 1230. The van der Waals surface area contributed by atoms with Gasteiger partial charge in [0.25, 0.3) is 5.91 Å². The van der Waals surface area contributed by atoms with Crippen molar-refractivity contribution in [1.82, 2.24) is 9.47 Å². The summed E-state index contributed by atoms with van der Waals surface area (Å²) in [5.74, 6) is 0.473. The lowest BCUT2D eigenvalue weighted by atomic mass is 10.2. The summed E-state index contributed by atoms with van der Waals surface area (Å²) in [6.07, 6.45) is 1.80. The molecule has 0 saturated carbocycles. The molecule has 32 heavy (non-hydrogen) atoms. The molecule has 3 rings (SSSR count). The molecule has 0 spiro atoms. The molecule has 0 unspecified atom stereocenters. The molecule has 0 saturated heterocycles. The van der Waals surface area contributed by atoms with E-state index in [4.69, 9.17) is 4.74 Å². The number of sulfone groups is 1. The maximum atomic E-state index is 13.1. The third kappa shape index (κ3) is 5.22. The Balaban J connectivity index is 1.62. The first kappa shape index (κ1) is 23.6. The summed E-state index contributed by atoms with van der Waals surface area (Å²) < 4.78 is 31.2. The SMILES string of the molecule is Cc1ccccc1-n1c(C)cc(C(=O)N(C)CCCOc2cccc(S(C)(=O)=O)c2)c1C. The summed E-state index contributed by atoms with van der Waals surface area (Å²) in [5, 5.41) is 0. The summed E-state index contributed by atoms with van der Waals surface area (Å²) in [7, 11) is -1.49. The standard InChI is InChI=1S/C25H30N2O4S/c1-18-10-6-7-13-24(18)27-19(2)16-23(20(27)3)25(28)26(4)14-9-15-31-21-11-8-12-22(17-21)32(5,29)30/h6-8,10-13,16-17H,9,14-15H2,1-5H3. The Morgan fingerprint density at radius 2 is 1.75 bits per heavy atom. The molecule has 0 aliphatic rings. The lowest BCUT2D eigenvalue weighted by molar-refractivity contribution is 0.0787. The van der Waals surface area contributed by atoms with Crippen molar-refractivity contribution < 1.29 is 17.9 Å². The molecule has 6 nitrogen and oxygen atoms in total. The zero-order valence-electron chi connectivity index (χ0n) is 19.3. The van der Waals surface area contributed by atoms with Gasteiger partial charge in [0.15, 0.2) is 9.84 Å². The van der Waals surface area contributed by atoms with Gasteiger partial charge >= 0.3 is 0 Å². The van der Waals surface area contributed by atoms with Crippen molar-refractivity contribution in [2.75, 3.05) is 26.5 Å². The fourth-order valence-electron chi connectivity index (χ4n) is 3.76. The molecular formula is C25H30N2O4S. The van der Waals surface area contributed by atoms with Gasteiger partial charge < -0.3 is 14.2 Å². The lowest BCUT2D eigenvalue weighted by Gasteiger charge is -2.18. The van der Waals surface area contributed by atoms with Crippen LogP contribution >= 0.6 is 0 Å². The number of carbonyl (C=O) groups is 1. The molecule has 1 heterocycles. The minimum absolute atomic E-state index is 0.0305. The van der Waals surface area contributed by atoms with Gasteiger partial charge in [-0.05, 0) is 63.1 Å². The van der Waals surface area contributed by atoms with Gasteiger partial charge in [-0.3, -0.25) is 4.79 Å². The molecule has 7 heteroatoms. The second kappa shape index (κ2) is 9.61. The van der Waals surface area contributed by atoms with E-state index in [-0.39, 0.29) is 10.8 Å². The lowest BCUT2D eigenvalue weighted by Crippen LogP contribution is -2.29. The number of hydrogen-bond acceptors (Lipinski definition) is 4. The fraction of sp³-hybridized carbons (Fsp3) is 0.320. The molecular weight excluding hydrogens is 424 g/mol. The van der Waals surface area contributed by atoms with Crippen LogP contribution in [0.5, 0.6) is 5.75 Å². The van der Waals surface area contributed by atoms with E-state index in [0.717, 1.165) is 22.6 Å². The van der Waals surface area contributed by atoms with Gasteiger partial charge in [-0.2, -0.15) is 0 Å². The number of aromatic nitrogens is 1. The van der Waals surface area contributed by atoms with Crippen LogP contribution in [0.1, 0.15) is 33.7 Å². The first-order valence-electron chi connectivity index (χ1n) is 10.5. The second-order valence-electron chi connectivity index (χ2n) is 8.08. The number of rotatable bonds is 8. The fourth-order valence-corrected chi connectivity index (χ4v) is 4.41. The average Bonchev–Trinajstić information content (AvgIpc) is 3.04. The predicted octanol–water partition coefficient (Wildman–Crippen LogP) is 4.35. The van der Waals surface area contributed by atoms with Crippen LogP contribution in [0.3, 0.4) is 0 Å². The minimum Gasteiger partial charge on any atom is -0.493 e. The van der Waals surface area contributed by atoms with Crippen molar-refractivity contribution in [2.24, 2.45) is 0 Å². The number of hydrogen-bond donors (Lipinski definition) is 0. The topological polar surface area (TPSA) is 68.6 Å². The highest BCUT2D eigenvalue weighted by Gasteiger charge is 2.20. The van der Waals surface area contributed by atoms with Crippen LogP contribution in [0.4, 0.5) is 0 Å². The van der Waals surface area contributed by atoms with Gasteiger partial charge in [0.1, 0.15) is 5.75 Å². The maximum absolute atomic E-state index is 13.1. The van der Waals surface area contributed by atoms with Crippen LogP contribution in [-0.2, 0) is 9.84 Å². The van der Waals surface area contributed by atoms with Crippen molar-refractivity contribution >= 4 is 15.7 Å². The molecule has 1 amide bonds. The Morgan fingerprint density at radius 1 is 1.03 bits per heavy atom. The largest absolute Gasteiger partial charge is 0.493 e. The monoisotopic (exact) mass is 454 g/mol. The Hall–Kier alpha value is -3.06. The highest BCUT2D eigenvalue weighted by molar-refractivity contribution is 7.90. The summed E-state index contributed by atoms with van der Waals surface area (Å²) in [6.45, 7) is 6.95. The molecule has 0 aliphatic heterocycles. The smallest absolute Gasteiger partial charge is 0.255 e. The number of benzene rings is 2. The van der Waals surface area contributed by atoms with Crippen LogP contribution in [0.2, 0.25) is 0 Å². The Morgan fingerprint density at radius 3 is 2.44 bits per heavy atom. The van der Waals surface area contributed by atoms with Gasteiger partial charge in [0, 0.05) is 36.9 Å². The van der Waals surface area contributed by atoms with Gasteiger partial charge in [-0.1, -0.05) is 24.3 Å². The molecule has 0 fully saturated rings. The molecule has 0 atom stereocenters. The maximum Gasteiger partial charge on any atom is 0.255 e. The number of para-hydroxylation sites is 1. The highest BCUT2D eigenvalue weighted by atomic mass is 32.2. The normalized spacial score (nSPS) is 11.4.